The van der Waals surface area contributed by atoms with E-state index >= 15 is 0 Å². The second-order valence-electron chi connectivity index (χ2n) is 5.26. The maximum atomic E-state index is 11.9. The van der Waals surface area contributed by atoms with Crippen molar-refractivity contribution in [2.75, 3.05) is 10.6 Å². The lowest BCUT2D eigenvalue weighted by Gasteiger charge is -2.09. The van der Waals surface area contributed by atoms with Crippen LogP contribution in [0.2, 0.25) is 0 Å². The summed E-state index contributed by atoms with van der Waals surface area (Å²) < 4.78 is 22.4. The van der Waals surface area contributed by atoms with Crippen LogP contribution in [-0.4, -0.2) is 20.4 Å². The molecule has 0 spiro atoms. The van der Waals surface area contributed by atoms with E-state index in [1.165, 1.54) is 19.1 Å². The van der Waals surface area contributed by atoms with Crippen molar-refractivity contribution in [2.45, 2.75) is 18.4 Å². The zero-order valence-electron chi connectivity index (χ0n) is 13.4. The first-order valence-electron chi connectivity index (χ1n) is 7.28. The van der Waals surface area contributed by atoms with E-state index in [2.05, 4.69) is 16.0 Å². The van der Waals surface area contributed by atoms with Gasteiger partial charge in [-0.25, -0.2) is 18.4 Å². The zero-order valence-corrected chi connectivity index (χ0v) is 14.3. The summed E-state index contributed by atoms with van der Waals surface area (Å²) in [7, 11) is -3.73. The fourth-order valence-electron chi connectivity index (χ4n) is 2.03. The molecule has 9 heteroatoms. The largest absolute Gasteiger partial charge is 0.334 e. The van der Waals surface area contributed by atoms with Gasteiger partial charge >= 0.3 is 6.03 Å². The number of rotatable bonds is 5. The van der Waals surface area contributed by atoms with Gasteiger partial charge < -0.3 is 16.0 Å². The SMILES string of the molecule is CC(=O)Nc1cccc(NC(=O)NCc2ccc(S(N)(=O)=O)cc2)c1. The lowest BCUT2D eigenvalue weighted by molar-refractivity contribution is -0.114. The van der Waals surface area contributed by atoms with Gasteiger partial charge in [0.1, 0.15) is 0 Å². The van der Waals surface area contributed by atoms with Gasteiger partial charge in [-0.15, -0.1) is 0 Å². The summed E-state index contributed by atoms with van der Waals surface area (Å²) in [6.07, 6.45) is 0. The molecule has 0 fully saturated rings. The van der Waals surface area contributed by atoms with E-state index in [-0.39, 0.29) is 17.3 Å². The molecule has 2 aromatic carbocycles. The van der Waals surface area contributed by atoms with Crippen molar-refractivity contribution in [2.24, 2.45) is 5.14 Å². The minimum absolute atomic E-state index is 0.00971. The Hall–Kier alpha value is -2.91. The molecule has 5 N–H and O–H groups in total. The number of nitrogens with one attached hydrogen (secondary N) is 3. The highest BCUT2D eigenvalue weighted by molar-refractivity contribution is 7.89. The third-order valence-corrected chi connectivity index (χ3v) is 4.07. The van der Waals surface area contributed by atoms with Gasteiger partial charge in [-0.05, 0) is 35.9 Å². The Morgan fingerprint density at radius 2 is 1.60 bits per heavy atom. The van der Waals surface area contributed by atoms with Gasteiger partial charge in [0, 0.05) is 24.8 Å². The molecule has 0 aliphatic carbocycles. The fraction of sp³-hybridized carbons (Fsp3) is 0.125. The number of primary sulfonamides is 1. The number of urea groups is 1. The van der Waals surface area contributed by atoms with Gasteiger partial charge in [0.15, 0.2) is 0 Å². The van der Waals surface area contributed by atoms with E-state index in [0.717, 1.165) is 5.56 Å². The third kappa shape index (κ3) is 5.90. The fourth-order valence-corrected chi connectivity index (χ4v) is 2.55. The molecule has 0 saturated heterocycles. The van der Waals surface area contributed by atoms with Gasteiger partial charge in [0.2, 0.25) is 15.9 Å². The number of carbonyl (C=O) groups is 2. The zero-order chi connectivity index (χ0) is 18.4. The van der Waals surface area contributed by atoms with Crippen LogP contribution in [0.1, 0.15) is 12.5 Å². The highest BCUT2D eigenvalue weighted by Crippen LogP contribution is 2.15. The number of hydrogen-bond acceptors (Lipinski definition) is 4. The molecule has 0 aliphatic heterocycles. The summed E-state index contributed by atoms with van der Waals surface area (Å²) in [5.74, 6) is -0.204. The quantitative estimate of drug-likeness (QED) is 0.643. The number of hydrogen-bond donors (Lipinski definition) is 4. The van der Waals surface area contributed by atoms with Crippen molar-refractivity contribution in [3.63, 3.8) is 0 Å². The highest BCUT2D eigenvalue weighted by atomic mass is 32.2. The van der Waals surface area contributed by atoms with Crippen LogP contribution in [0.4, 0.5) is 16.2 Å². The third-order valence-electron chi connectivity index (χ3n) is 3.15. The standard InChI is InChI=1S/C16H18N4O4S/c1-11(21)19-13-3-2-4-14(9-13)20-16(22)18-10-12-5-7-15(8-6-12)25(17,23)24/h2-9H,10H2,1H3,(H,19,21)(H2,17,23,24)(H2,18,20,22). The van der Waals surface area contributed by atoms with Crippen molar-refractivity contribution in [3.05, 3.63) is 54.1 Å². The predicted molar refractivity (Wildman–Crippen MR) is 94.4 cm³/mol. The Kier molecular flexibility index (Phi) is 5.73. The molecule has 0 aliphatic rings. The van der Waals surface area contributed by atoms with Crippen molar-refractivity contribution >= 4 is 33.3 Å². The van der Waals surface area contributed by atoms with Crippen LogP contribution in [0.15, 0.2) is 53.4 Å². The number of anilines is 2. The Morgan fingerprint density at radius 3 is 2.16 bits per heavy atom. The molecule has 8 nitrogen and oxygen atoms in total. The second kappa shape index (κ2) is 7.77. The van der Waals surface area contributed by atoms with E-state index in [1.807, 2.05) is 0 Å². The minimum Gasteiger partial charge on any atom is -0.334 e. The van der Waals surface area contributed by atoms with Crippen molar-refractivity contribution in [3.8, 4) is 0 Å². The molecule has 0 bridgehead atoms. The van der Waals surface area contributed by atoms with E-state index < -0.39 is 16.1 Å². The smallest absolute Gasteiger partial charge is 0.319 e. The first-order chi connectivity index (χ1) is 11.7. The summed E-state index contributed by atoms with van der Waals surface area (Å²) in [5.41, 5.74) is 1.81. The first kappa shape index (κ1) is 18.4. The Balaban J connectivity index is 1.91. The first-order valence-corrected chi connectivity index (χ1v) is 8.83. The lowest BCUT2D eigenvalue weighted by atomic mass is 10.2. The van der Waals surface area contributed by atoms with E-state index in [9.17, 15) is 18.0 Å². The summed E-state index contributed by atoms with van der Waals surface area (Å²) in [4.78, 5) is 23.0. The van der Waals surface area contributed by atoms with Crippen LogP contribution < -0.4 is 21.1 Å². The van der Waals surface area contributed by atoms with E-state index in [4.69, 9.17) is 5.14 Å². The summed E-state index contributed by atoms with van der Waals surface area (Å²) in [6, 6.07) is 12.2. The number of nitrogens with two attached hydrogens (primary N) is 1. The molecule has 0 aromatic heterocycles. The monoisotopic (exact) mass is 362 g/mol. The maximum Gasteiger partial charge on any atom is 0.319 e. The molecule has 0 radical (unpaired) electrons. The average Bonchev–Trinajstić information content (AvgIpc) is 2.52. The average molecular weight is 362 g/mol. The molecule has 132 valence electrons. The molecule has 2 rings (SSSR count). The summed E-state index contributed by atoms with van der Waals surface area (Å²) in [5, 5.41) is 12.9. The van der Waals surface area contributed by atoms with Gasteiger partial charge in [0.25, 0.3) is 0 Å². The molecule has 0 atom stereocenters. The van der Waals surface area contributed by atoms with Crippen molar-refractivity contribution in [1.82, 2.24) is 5.32 Å². The molecular weight excluding hydrogens is 344 g/mol. The van der Waals surface area contributed by atoms with Crippen LogP contribution in [0, 0.1) is 0 Å². The number of benzene rings is 2. The molecule has 0 unspecified atom stereocenters. The van der Waals surface area contributed by atoms with E-state index in [0.29, 0.717) is 11.4 Å². The number of carbonyl (C=O) groups excluding carboxylic acids is 2. The van der Waals surface area contributed by atoms with Crippen molar-refractivity contribution in [1.29, 1.82) is 0 Å². The lowest BCUT2D eigenvalue weighted by Crippen LogP contribution is -2.28. The second-order valence-corrected chi connectivity index (χ2v) is 6.82. The highest BCUT2D eigenvalue weighted by Gasteiger charge is 2.07. The van der Waals surface area contributed by atoms with Gasteiger partial charge in [-0.2, -0.15) is 0 Å². The van der Waals surface area contributed by atoms with Crippen LogP contribution in [0.3, 0.4) is 0 Å². The van der Waals surface area contributed by atoms with Gasteiger partial charge in [-0.1, -0.05) is 18.2 Å². The molecular formula is C16H18N4O4S. The number of sulfonamides is 1. The van der Waals surface area contributed by atoms with Gasteiger partial charge in [0.05, 0.1) is 4.90 Å². The molecule has 25 heavy (non-hydrogen) atoms. The topological polar surface area (TPSA) is 130 Å². The Bertz CT molecular complexity index is 879. The minimum atomic E-state index is -3.73. The van der Waals surface area contributed by atoms with Crippen LogP contribution >= 0.6 is 0 Å². The van der Waals surface area contributed by atoms with Gasteiger partial charge in [-0.3, -0.25) is 4.79 Å². The summed E-state index contributed by atoms with van der Waals surface area (Å²) in [6.45, 7) is 1.61. The van der Waals surface area contributed by atoms with Crippen LogP contribution in [0.5, 0.6) is 0 Å². The predicted octanol–water partition coefficient (Wildman–Crippen LogP) is 1.61. The van der Waals surface area contributed by atoms with E-state index in [1.54, 1.807) is 36.4 Å². The molecule has 0 saturated carbocycles. The maximum absolute atomic E-state index is 11.9. The number of amides is 3. The molecule has 0 heterocycles. The Labute approximate surface area is 145 Å². The van der Waals surface area contributed by atoms with Crippen molar-refractivity contribution < 1.29 is 18.0 Å². The Morgan fingerprint density at radius 1 is 1.00 bits per heavy atom. The van der Waals surface area contributed by atoms with Crippen LogP contribution in [-0.2, 0) is 21.4 Å². The van der Waals surface area contributed by atoms with Crippen LogP contribution in [0.25, 0.3) is 0 Å². The molecule has 3 amide bonds. The normalized spacial score (nSPS) is 10.8. The molecule has 2 aromatic rings. The summed E-state index contributed by atoms with van der Waals surface area (Å²) >= 11 is 0.